The van der Waals surface area contributed by atoms with Crippen molar-refractivity contribution in [1.29, 1.82) is 0 Å². The number of nitrogens with one attached hydrogen (secondary N) is 1. The van der Waals surface area contributed by atoms with Crippen LogP contribution in [0, 0.1) is 5.82 Å². The minimum atomic E-state index is -0.306. The minimum Gasteiger partial charge on any atom is -0.488 e. The van der Waals surface area contributed by atoms with Gasteiger partial charge in [0.1, 0.15) is 29.0 Å². The molecular weight excluding hydrogens is 371 g/mol. The highest BCUT2D eigenvalue weighted by Gasteiger charge is 2.29. The number of H-pyrrole nitrogens is 1. The largest absolute Gasteiger partial charge is 0.488 e. The van der Waals surface area contributed by atoms with E-state index in [1.165, 1.54) is 12.1 Å². The number of hydrogen-bond donors (Lipinski definition) is 1. The normalized spacial score (nSPS) is 14.8. The second kappa shape index (κ2) is 7.18. The van der Waals surface area contributed by atoms with E-state index < -0.39 is 0 Å². The Morgan fingerprint density at radius 1 is 1.14 bits per heavy atom. The highest BCUT2D eigenvalue weighted by Crippen LogP contribution is 2.21. The van der Waals surface area contributed by atoms with Gasteiger partial charge >= 0.3 is 0 Å². The Kier molecular flexibility index (Phi) is 4.37. The van der Waals surface area contributed by atoms with Gasteiger partial charge in [0, 0.05) is 43.2 Å². The van der Waals surface area contributed by atoms with E-state index in [4.69, 9.17) is 4.74 Å². The lowest BCUT2D eigenvalue weighted by molar-refractivity contribution is 0.0135. The molecule has 2 aromatic carbocycles. The number of fused-ring (bicyclic) bond motifs is 1. The van der Waals surface area contributed by atoms with Gasteiger partial charge in [-0.1, -0.05) is 36.4 Å². The molecule has 1 fully saturated rings. The van der Waals surface area contributed by atoms with Gasteiger partial charge in [0.15, 0.2) is 0 Å². The summed E-state index contributed by atoms with van der Waals surface area (Å²) in [6.45, 7) is 2.03. The minimum absolute atomic E-state index is 0.0142. The predicted octanol–water partition coefficient (Wildman–Crippen LogP) is 3.09. The quantitative estimate of drug-likeness (QED) is 0.569. The molecular formula is C22H19FN4O2. The van der Waals surface area contributed by atoms with E-state index in [1.807, 2.05) is 40.9 Å². The summed E-state index contributed by atoms with van der Waals surface area (Å²) in [5, 5.41) is 0. The second-order valence-electron chi connectivity index (χ2n) is 7.20. The lowest BCUT2D eigenvalue weighted by atomic mass is 10.1. The first-order valence-corrected chi connectivity index (χ1v) is 9.45. The Labute approximate surface area is 166 Å². The van der Waals surface area contributed by atoms with Crippen molar-refractivity contribution >= 4 is 5.52 Å². The molecule has 0 spiro atoms. The van der Waals surface area contributed by atoms with Crippen molar-refractivity contribution in [3.8, 4) is 17.1 Å². The van der Waals surface area contributed by atoms with Crippen LogP contribution < -0.4 is 10.3 Å². The number of aromatic nitrogens is 3. The number of nitrogens with zero attached hydrogens (tertiary/aromatic N) is 3. The Morgan fingerprint density at radius 2 is 1.97 bits per heavy atom. The molecule has 0 amide bonds. The number of halogens is 1. The van der Waals surface area contributed by atoms with Gasteiger partial charge in [0.05, 0.1) is 6.20 Å². The van der Waals surface area contributed by atoms with Crippen molar-refractivity contribution in [2.24, 2.45) is 0 Å². The van der Waals surface area contributed by atoms with Crippen molar-refractivity contribution in [1.82, 2.24) is 19.3 Å². The van der Waals surface area contributed by atoms with Crippen LogP contribution in [0.1, 0.15) is 5.69 Å². The zero-order valence-corrected chi connectivity index (χ0v) is 15.6. The van der Waals surface area contributed by atoms with Gasteiger partial charge in [-0.05, 0) is 12.1 Å². The lowest BCUT2D eigenvalue weighted by Crippen LogP contribution is -2.53. The van der Waals surface area contributed by atoms with E-state index in [-0.39, 0.29) is 17.5 Å². The number of ether oxygens (including phenoxy) is 1. The summed E-state index contributed by atoms with van der Waals surface area (Å²) in [5.41, 5.74) is 2.12. The second-order valence-corrected chi connectivity index (χ2v) is 7.20. The van der Waals surface area contributed by atoms with Crippen LogP contribution in [0.15, 0.2) is 71.8 Å². The van der Waals surface area contributed by atoms with Crippen molar-refractivity contribution in [3.05, 3.63) is 88.9 Å². The highest BCUT2D eigenvalue weighted by atomic mass is 19.1. The molecule has 0 aliphatic carbocycles. The molecule has 0 bridgehead atoms. The number of rotatable bonds is 5. The number of hydrogen-bond acceptors (Lipinski definition) is 4. The Hall–Kier alpha value is -3.45. The third-order valence-corrected chi connectivity index (χ3v) is 5.04. The van der Waals surface area contributed by atoms with Gasteiger partial charge in [-0.25, -0.2) is 9.37 Å². The SMILES string of the molecule is O=c1[nH]c(CN2CC(Oc3cccc(F)c3)C2)cn2c(-c3ccccc3)ncc12. The van der Waals surface area contributed by atoms with E-state index in [9.17, 15) is 9.18 Å². The van der Waals surface area contributed by atoms with Gasteiger partial charge in [-0.2, -0.15) is 0 Å². The summed E-state index contributed by atoms with van der Waals surface area (Å²) in [7, 11) is 0. The van der Waals surface area contributed by atoms with Crippen LogP contribution in [0.25, 0.3) is 16.9 Å². The molecule has 2 aromatic heterocycles. The molecule has 0 atom stereocenters. The topological polar surface area (TPSA) is 62.6 Å². The molecule has 4 aromatic rings. The summed E-state index contributed by atoms with van der Waals surface area (Å²) >= 11 is 0. The Bertz CT molecular complexity index is 1210. The molecule has 1 aliphatic rings. The standard InChI is InChI=1S/C22H19FN4O2/c23-16-7-4-8-18(9-16)29-19-13-26(14-19)11-17-12-27-20(22(28)25-17)10-24-21(27)15-5-2-1-3-6-15/h1-10,12,19H,11,13-14H2,(H,25,28). The zero-order valence-electron chi connectivity index (χ0n) is 15.6. The third-order valence-electron chi connectivity index (χ3n) is 5.04. The van der Waals surface area contributed by atoms with E-state index >= 15 is 0 Å². The molecule has 3 heterocycles. The number of imidazole rings is 1. The van der Waals surface area contributed by atoms with Crippen molar-refractivity contribution in [2.75, 3.05) is 13.1 Å². The first kappa shape index (κ1) is 17.6. The van der Waals surface area contributed by atoms with Crippen LogP contribution in [0.3, 0.4) is 0 Å². The van der Waals surface area contributed by atoms with Crippen LogP contribution in [-0.2, 0) is 6.54 Å². The van der Waals surface area contributed by atoms with Crippen LogP contribution >= 0.6 is 0 Å². The third kappa shape index (κ3) is 3.52. The van der Waals surface area contributed by atoms with Crippen LogP contribution in [0.5, 0.6) is 5.75 Å². The predicted molar refractivity (Wildman–Crippen MR) is 107 cm³/mol. The molecule has 1 N–H and O–H groups in total. The number of benzene rings is 2. The fraction of sp³-hybridized carbons (Fsp3) is 0.182. The molecule has 7 heteroatoms. The van der Waals surface area contributed by atoms with E-state index in [0.717, 1.165) is 17.1 Å². The molecule has 0 saturated carbocycles. The molecule has 146 valence electrons. The maximum Gasteiger partial charge on any atom is 0.274 e. The molecule has 0 unspecified atom stereocenters. The maximum absolute atomic E-state index is 13.3. The summed E-state index contributed by atoms with van der Waals surface area (Å²) in [4.78, 5) is 22.0. The van der Waals surface area contributed by atoms with E-state index in [1.54, 1.807) is 18.3 Å². The summed E-state index contributed by atoms with van der Waals surface area (Å²) in [6.07, 6.45) is 3.53. The van der Waals surface area contributed by atoms with Gasteiger partial charge in [-0.15, -0.1) is 0 Å². The molecule has 29 heavy (non-hydrogen) atoms. The fourth-order valence-electron chi connectivity index (χ4n) is 3.64. The average molecular weight is 390 g/mol. The lowest BCUT2D eigenvalue weighted by Gasteiger charge is -2.38. The Morgan fingerprint density at radius 3 is 2.76 bits per heavy atom. The molecule has 0 radical (unpaired) electrons. The summed E-state index contributed by atoms with van der Waals surface area (Å²) in [6, 6.07) is 16.0. The first-order chi connectivity index (χ1) is 14.2. The number of aromatic amines is 1. The van der Waals surface area contributed by atoms with E-state index in [2.05, 4.69) is 14.9 Å². The molecule has 1 saturated heterocycles. The highest BCUT2D eigenvalue weighted by molar-refractivity contribution is 5.61. The average Bonchev–Trinajstić information content (AvgIpc) is 3.12. The molecule has 1 aliphatic heterocycles. The zero-order chi connectivity index (χ0) is 19.8. The first-order valence-electron chi connectivity index (χ1n) is 9.45. The number of likely N-dealkylation sites (tertiary alicyclic amines) is 1. The smallest absolute Gasteiger partial charge is 0.274 e. The van der Waals surface area contributed by atoms with Gasteiger partial charge in [-0.3, -0.25) is 14.1 Å². The summed E-state index contributed by atoms with van der Waals surface area (Å²) in [5.74, 6) is 0.971. The monoisotopic (exact) mass is 390 g/mol. The Balaban J connectivity index is 1.31. The fourth-order valence-corrected chi connectivity index (χ4v) is 3.64. The van der Waals surface area contributed by atoms with Crippen molar-refractivity contribution in [3.63, 3.8) is 0 Å². The maximum atomic E-state index is 13.3. The van der Waals surface area contributed by atoms with E-state index in [0.29, 0.717) is 30.9 Å². The van der Waals surface area contributed by atoms with Crippen LogP contribution in [0.4, 0.5) is 4.39 Å². The summed E-state index contributed by atoms with van der Waals surface area (Å²) < 4.78 is 20.9. The molecule has 6 nitrogen and oxygen atoms in total. The van der Waals surface area contributed by atoms with Crippen molar-refractivity contribution in [2.45, 2.75) is 12.6 Å². The van der Waals surface area contributed by atoms with Gasteiger partial charge in [0.2, 0.25) is 0 Å². The van der Waals surface area contributed by atoms with Gasteiger partial charge in [0.25, 0.3) is 5.56 Å². The van der Waals surface area contributed by atoms with Gasteiger partial charge < -0.3 is 9.72 Å². The van der Waals surface area contributed by atoms with Crippen LogP contribution in [0.2, 0.25) is 0 Å². The molecule has 5 rings (SSSR count). The van der Waals surface area contributed by atoms with Crippen LogP contribution in [-0.4, -0.2) is 38.5 Å². The van der Waals surface area contributed by atoms with Crippen molar-refractivity contribution < 1.29 is 9.13 Å².